The second-order valence-electron chi connectivity index (χ2n) is 8.73. The smallest absolute Gasteiger partial charge is 0.242 e. The van der Waals surface area contributed by atoms with Crippen LogP contribution in [-0.4, -0.2) is 62.3 Å². The van der Waals surface area contributed by atoms with Gasteiger partial charge in [-0.2, -0.15) is 4.31 Å². The van der Waals surface area contributed by atoms with Gasteiger partial charge in [-0.05, 0) is 43.2 Å². The summed E-state index contributed by atoms with van der Waals surface area (Å²) < 4.78 is 39.4. The van der Waals surface area contributed by atoms with Crippen LogP contribution < -0.4 is 25.6 Å². The van der Waals surface area contributed by atoms with Gasteiger partial charge in [-0.15, -0.1) is 0 Å². The summed E-state index contributed by atoms with van der Waals surface area (Å²) in [6, 6.07) is 4.43. The fourth-order valence-corrected chi connectivity index (χ4v) is 7.59. The molecule has 1 aliphatic carbocycles. The largest absolute Gasteiger partial charge is 0.486 e. The van der Waals surface area contributed by atoms with Crippen LogP contribution in [-0.2, 0) is 14.8 Å². The third-order valence-electron chi connectivity index (χ3n) is 6.67. The average molecular weight is 437 g/mol. The summed E-state index contributed by atoms with van der Waals surface area (Å²) >= 11 is 0. The summed E-state index contributed by atoms with van der Waals surface area (Å²) in [6.07, 6.45) is 2.16. The molecule has 0 spiro atoms. The molecule has 9 nitrogen and oxygen atoms in total. The topological polar surface area (TPSA) is 109 Å². The van der Waals surface area contributed by atoms with Gasteiger partial charge in [0.25, 0.3) is 0 Å². The standard InChI is InChI=1S/C20H28N4O5S/c1-12-8-13-11-21-23-19(13)18(9-12)30(26,27)24-5-4-15(24)20(25)22-14-2-3-16-17(10-14)29-7-6-28-16/h2-3,10,12-13,15,18-19,21,23H,4-9,11H2,1H3,(H,22,25)/t12?,13?,15-,18?,19?/m0/s1. The van der Waals surface area contributed by atoms with Crippen LogP contribution in [0.5, 0.6) is 11.5 Å². The maximum Gasteiger partial charge on any atom is 0.242 e. The third-order valence-corrected chi connectivity index (χ3v) is 9.02. The second-order valence-corrected chi connectivity index (χ2v) is 10.8. The Bertz CT molecular complexity index is 939. The van der Waals surface area contributed by atoms with E-state index in [1.807, 2.05) is 0 Å². The summed E-state index contributed by atoms with van der Waals surface area (Å²) in [7, 11) is -3.59. The van der Waals surface area contributed by atoms with Crippen LogP contribution in [0.4, 0.5) is 5.69 Å². The molecule has 2 saturated heterocycles. The van der Waals surface area contributed by atoms with Gasteiger partial charge in [-0.1, -0.05) is 6.92 Å². The number of rotatable bonds is 4. The van der Waals surface area contributed by atoms with Crippen LogP contribution in [0.3, 0.4) is 0 Å². The van der Waals surface area contributed by atoms with Gasteiger partial charge >= 0.3 is 0 Å². The normalized spacial score (nSPS) is 33.4. The highest BCUT2D eigenvalue weighted by molar-refractivity contribution is 7.89. The lowest BCUT2D eigenvalue weighted by Crippen LogP contribution is -2.62. The number of fused-ring (bicyclic) bond motifs is 2. The first kappa shape index (κ1) is 20.0. The molecule has 0 radical (unpaired) electrons. The van der Waals surface area contributed by atoms with Crippen LogP contribution >= 0.6 is 0 Å². The fraction of sp³-hybridized carbons (Fsp3) is 0.650. The predicted octanol–water partition coefficient (Wildman–Crippen LogP) is 0.692. The minimum absolute atomic E-state index is 0.103. The van der Waals surface area contributed by atoms with Crippen molar-refractivity contribution in [3.8, 4) is 11.5 Å². The van der Waals surface area contributed by atoms with E-state index >= 15 is 0 Å². The third kappa shape index (κ3) is 3.45. The first-order valence-electron chi connectivity index (χ1n) is 10.6. The molecule has 0 aromatic heterocycles. The van der Waals surface area contributed by atoms with Crippen LogP contribution in [0, 0.1) is 11.8 Å². The molecule has 30 heavy (non-hydrogen) atoms. The molecule has 1 aromatic carbocycles. The van der Waals surface area contributed by atoms with Gasteiger partial charge in [0, 0.05) is 30.9 Å². The average Bonchev–Trinajstić information content (AvgIpc) is 3.14. The summed E-state index contributed by atoms with van der Waals surface area (Å²) in [6.45, 7) is 4.25. The van der Waals surface area contributed by atoms with Crippen LogP contribution in [0.1, 0.15) is 26.2 Å². The van der Waals surface area contributed by atoms with Crippen molar-refractivity contribution in [3.05, 3.63) is 18.2 Å². The number of sulfonamides is 1. The van der Waals surface area contributed by atoms with Gasteiger partial charge in [0.05, 0.1) is 5.25 Å². The summed E-state index contributed by atoms with van der Waals surface area (Å²) in [5.41, 5.74) is 6.86. The molecule has 5 atom stereocenters. The van der Waals surface area contributed by atoms with Crippen LogP contribution in [0.25, 0.3) is 0 Å². The van der Waals surface area contributed by atoms with E-state index in [0.717, 1.165) is 13.0 Å². The Labute approximate surface area is 176 Å². The maximum atomic E-state index is 13.5. The molecule has 4 aliphatic rings. The van der Waals surface area contributed by atoms with E-state index in [4.69, 9.17) is 9.47 Å². The number of hydrogen-bond acceptors (Lipinski definition) is 7. The molecule has 10 heteroatoms. The highest BCUT2D eigenvalue weighted by Crippen LogP contribution is 2.38. The highest BCUT2D eigenvalue weighted by atomic mass is 32.2. The van der Waals surface area contributed by atoms with Gasteiger partial charge in [-0.25, -0.2) is 8.42 Å². The molecule has 164 valence electrons. The number of anilines is 1. The Morgan fingerprint density at radius 1 is 1.20 bits per heavy atom. The minimum Gasteiger partial charge on any atom is -0.486 e. The number of benzene rings is 1. The van der Waals surface area contributed by atoms with E-state index in [0.29, 0.717) is 61.6 Å². The van der Waals surface area contributed by atoms with Crippen molar-refractivity contribution in [3.63, 3.8) is 0 Å². The minimum atomic E-state index is -3.59. The molecule has 3 aliphatic heterocycles. The SMILES string of the molecule is CC1CC2CNNC2C(S(=O)(=O)N2CC[C@H]2C(=O)Nc2ccc3c(c2)OCCO3)C1. The Morgan fingerprint density at radius 3 is 2.77 bits per heavy atom. The van der Waals surface area contributed by atoms with Gasteiger partial charge in [0.2, 0.25) is 15.9 Å². The van der Waals surface area contributed by atoms with Crippen molar-refractivity contribution in [1.82, 2.24) is 15.2 Å². The lowest BCUT2D eigenvalue weighted by atomic mass is 9.79. The van der Waals surface area contributed by atoms with Crippen molar-refractivity contribution in [2.75, 3.05) is 31.6 Å². The lowest BCUT2D eigenvalue weighted by Gasteiger charge is -2.44. The van der Waals surface area contributed by atoms with Crippen molar-refractivity contribution >= 4 is 21.6 Å². The van der Waals surface area contributed by atoms with Crippen molar-refractivity contribution in [2.45, 2.75) is 43.5 Å². The van der Waals surface area contributed by atoms with Gasteiger partial charge in [0.1, 0.15) is 19.3 Å². The van der Waals surface area contributed by atoms with Crippen molar-refractivity contribution < 1.29 is 22.7 Å². The zero-order valence-electron chi connectivity index (χ0n) is 17.0. The molecule has 3 heterocycles. The molecule has 1 amide bonds. The number of hydrogen-bond donors (Lipinski definition) is 3. The predicted molar refractivity (Wildman–Crippen MR) is 111 cm³/mol. The van der Waals surface area contributed by atoms with E-state index in [1.54, 1.807) is 18.2 Å². The number of nitrogens with one attached hydrogen (secondary N) is 3. The Morgan fingerprint density at radius 2 is 2.00 bits per heavy atom. The number of carbonyl (C=O) groups is 1. The fourth-order valence-electron chi connectivity index (χ4n) is 5.09. The van der Waals surface area contributed by atoms with Crippen LogP contribution in [0.2, 0.25) is 0 Å². The first-order valence-corrected chi connectivity index (χ1v) is 12.1. The molecule has 1 aromatic rings. The van der Waals surface area contributed by atoms with Gasteiger partial charge in [-0.3, -0.25) is 15.6 Å². The quantitative estimate of drug-likeness (QED) is 0.637. The molecular formula is C20H28N4O5S. The van der Waals surface area contributed by atoms with E-state index in [-0.39, 0.29) is 11.9 Å². The zero-order valence-corrected chi connectivity index (χ0v) is 17.8. The number of amides is 1. The van der Waals surface area contributed by atoms with Gasteiger partial charge < -0.3 is 14.8 Å². The molecule has 3 N–H and O–H groups in total. The number of ether oxygens (including phenoxy) is 2. The Balaban J connectivity index is 1.30. The van der Waals surface area contributed by atoms with E-state index < -0.39 is 21.3 Å². The first-order chi connectivity index (χ1) is 14.4. The number of hydrazine groups is 1. The lowest BCUT2D eigenvalue weighted by molar-refractivity contribution is -0.122. The molecule has 4 unspecified atom stereocenters. The summed E-state index contributed by atoms with van der Waals surface area (Å²) in [4.78, 5) is 12.9. The Hall–Kier alpha value is -1.88. The van der Waals surface area contributed by atoms with E-state index in [9.17, 15) is 13.2 Å². The van der Waals surface area contributed by atoms with Crippen LogP contribution in [0.15, 0.2) is 18.2 Å². The Kier molecular flexibility index (Phi) is 5.12. The molecular weight excluding hydrogens is 408 g/mol. The number of carbonyl (C=O) groups excluding carboxylic acids is 1. The maximum absolute atomic E-state index is 13.5. The molecule has 3 fully saturated rings. The summed E-state index contributed by atoms with van der Waals surface area (Å²) in [5, 5.41) is 2.34. The molecule has 5 rings (SSSR count). The monoisotopic (exact) mass is 436 g/mol. The summed E-state index contributed by atoms with van der Waals surface area (Å²) in [5.74, 6) is 1.57. The van der Waals surface area contributed by atoms with E-state index in [2.05, 4.69) is 23.1 Å². The molecule has 1 saturated carbocycles. The van der Waals surface area contributed by atoms with E-state index in [1.165, 1.54) is 4.31 Å². The van der Waals surface area contributed by atoms with Crippen molar-refractivity contribution in [1.29, 1.82) is 0 Å². The number of nitrogens with zero attached hydrogens (tertiary/aromatic N) is 1. The van der Waals surface area contributed by atoms with Gasteiger partial charge in [0.15, 0.2) is 11.5 Å². The second kappa shape index (κ2) is 7.67. The zero-order chi connectivity index (χ0) is 20.9. The molecule has 0 bridgehead atoms. The highest BCUT2D eigenvalue weighted by Gasteiger charge is 2.51. The van der Waals surface area contributed by atoms with Crippen molar-refractivity contribution in [2.24, 2.45) is 11.8 Å².